The second kappa shape index (κ2) is 8.34. The van der Waals surface area contributed by atoms with E-state index in [1.165, 1.54) is 0 Å². The molecule has 0 bridgehead atoms. The number of ether oxygens (including phenoxy) is 2. The molecule has 0 atom stereocenters. The quantitative estimate of drug-likeness (QED) is 0.598. The van der Waals surface area contributed by atoms with Gasteiger partial charge in [0.2, 0.25) is 0 Å². The van der Waals surface area contributed by atoms with E-state index in [0.717, 1.165) is 24.8 Å². The molecule has 4 heteroatoms. The number of phenolic OH excluding ortho intramolecular Hbond substituents is 2. The molecule has 28 heavy (non-hydrogen) atoms. The van der Waals surface area contributed by atoms with Crippen molar-refractivity contribution in [3.8, 4) is 34.1 Å². The van der Waals surface area contributed by atoms with Crippen LogP contribution in [0.15, 0.2) is 30.3 Å². The van der Waals surface area contributed by atoms with Crippen LogP contribution in [0.1, 0.15) is 66.9 Å². The van der Waals surface area contributed by atoms with Crippen molar-refractivity contribution < 1.29 is 19.7 Å². The van der Waals surface area contributed by atoms with Crippen LogP contribution in [0.3, 0.4) is 0 Å². The van der Waals surface area contributed by atoms with Gasteiger partial charge in [-0.15, -0.1) is 0 Å². The van der Waals surface area contributed by atoms with Gasteiger partial charge in [0.1, 0.15) is 34.2 Å². The molecule has 0 unspecified atom stereocenters. The second-order valence-electron chi connectivity index (χ2n) is 9.19. The average molecular weight is 387 g/mol. The van der Waals surface area contributed by atoms with Crippen LogP contribution in [-0.2, 0) is 6.42 Å². The van der Waals surface area contributed by atoms with Gasteiger partial charge in [0.25, 0.3) is 0 Å². The van der Waals surface area contributed by atoms with Gasteiger partial charge in [-0.2, -0.15) is 0 Å². The molecule has 2 aromatic rings. The van der Waals surface area contributed by atoms with E-state index < -0.39 is 0 Å². The van der Waals surface area contributed by atoms with Gasteiger partial charge in [-0.1, -0.05) is 13.3 Å². The van der Waals surface area contributed by atoms with E-state index in [1.807, 2.05) is 47.6 Å². The minimum absolute atomic E-state index is 0.0888. The van der Waals surface area contributed by atoms with Crippen LogP contribution in [-0.4, -0.2) is 21.4 Å². The number of benzene rings is 2. The summed E-state index contributed by atoms with van der Waals surface area (Å²) >= 11 is 0. The molecular formula is C24H34O4. The standard InChI is InChI=1S/C24H34O4/c1-8-9-10-16-13-18(28-24(5,6)7)15-20(22(16)26)19-14-17(11-12-21(19)25)27-23(2,3)4/h11-15,25-26H,8-10H2,1-7H3. The maximum Gasteiger partial charge on any atom is 0.126 e. The predicted molar refractivity (Wildman–Crippen MR) is 115 cm³/mol. The summed E-state index contributed by atoms with van der Waals surface area (Å²) in [5, 5.41) is 21.4. The normalized spacial score (nSPS) is 12.1. The highest BCUT2D eigenvalue weighted by molar-refractivity contribution is 5.79. The van der Waals surface area contributed by atoms with Gasteiger partial charge in [-0.05, 0) is 90.3 Å². The average Bonchev–Trinajstić information content (AvgIpc) is 2.54. The van der Waals surface area contributed by atoms with Gasteiger partial charge in [0, 0.05) is 11.1 Å². The van der Waals surface area contributed by atoms with E-state index in [2.05, 4.69) is 6.92 Å². The van der Waals surface area contributed by atoms with Gasteiger partial charge < -0.3 is 19.7 Å². The number of unbranched alkanes of at least 4 members (excludes halogenated alkanes) is 1. The molecule has 0 radical (unpaired) electrons. The molecule has 0 saturated heterocycles. The Bertz CT molecular complexity index is 811. The number of aryl methyl sites for hydroxylation is 1. The molecule has 0 fully saturated rings. The lowest BCUT2D eigenvalue weighted by Gasteiger charge is -2.24. The molecule has 2 rings (SSSR count). The fourth-order valence-electron chi connectivity index (χ4n) is 2.99. The van der Waals surface area contributed by atoms with Crippen LogP contribution in [0.2, 0.25) is 0 Å². The maximum absolute atomic E-state index is 10.9. The second-order valence-corrected chi connectivity index (χ2v) is 9.19. The Kier molecular flexibility index (Phi) is 6.53. The summed E-state index contributed by atoms with van der Waals surface area (Å²) in [5.41, 5.74) is 1.16. The number of hydrogen-bond acceptors (Lipinski definition) is 4. The zero-order valence-electron chi connectivity index (χ0n) is 18.2. The van der Waals surface area contributed by atoms with Crippen molar-refractivity contribution in [1.29, 1.82) is 0 Å². The van der Waals surface area contributed by atoms with E-state index in [4.69, 9.17) is 9.47 Å². The topological polar surface area (TPSA) is 58.9 Å². The van der Waals surface area contributed by atoms with E-state index in [1.54, 1.807) is 24.3 Å². The Balaban J connectivity index is 2.59. The Morgan fingerprint density at radius 2 is 1.36 bits per heavy atom. The number of aromatic hydroxyl groups is 2. The van der Waals surface area contributed by atoms with Gasteiger partial charge in [0.05, 0.1) is 0 Å². The molecule has 0 spiro atoms. The third kappa shape index (κ3) is 6.08. The number of phenols is 2. The lowest BCUT2D eigenvalue weighted by molar-refractivity contribution is 0.130. The summed E-state index contributed by atoms with van der Waals surface area (Å²) < 4.78 is 12.0. The Morgan fingerprint density at radius 3 is 1.93 bits per heavy atom. The first-order valence-electron chi connectivity index (χ1n) is 9.97. The molecule has 2 N–H and O–H groups in total. The fraction of sp³-hybridized carbons (Fsp3) is 0.500. The van der Waals surface area contributed by atoms with Crippen molar-refractivity contribution in [2.45, 2.75) is 78.9 Å². The van der Waals surface area contributed by atoms with E-state index >= 15 is 0 Å². The Morgan fingerprint density at radius 1 is 0.786 bits per heavy atom. The zero-order chi connectivity index (χ0) is 21.1. The third-order valence-electron chi connectivity index (χ3n) is 4.07. The summed E-state index contributed by atoms with van der Waals surface area (Å²) in [6.07, 6.45) is 2.74. The molecule has 2 aromatic carbocycles. The minimum atomic E-state index is -0.366. The van der Waals surface area contributed by atoms with Gasteiger partial charge in [-0.25, -0.2) is 0 Å². The largest absolute Gasteiger partial charge is 0.507 e. The highest BCUT2D eigenvalue weighted by atomic mass is 16.5. The van der Waals surface area contributed by atoms with Gasteiger partial charge in [0.15, 0.2) is 0 Å². The molecule has 0 aliphatic rings. The summed E-state index contributed by atoms with van der Waals surface area (Å²) in [4.78, 5) is 0. The number of rotatable bonds is 6. The molecule has 0 heterocycles. The summed E-state index contributed by atoms with van der Waals surface area (Å²) in [5.74, 6) is 1.58. The highest BCUT2D eigenvalue weighted by Gasteiger charge is 2.20. The first kappa shape index (κ1) is 21.9. The molecule has 0 aromatic heterocycles. The van der Waals surface area contributed by atoms with E-state index in [9.17, 15) is 10.2 Å². The molecule has 0 aliphatic carbocycles. The summed E-state index contributed by atoms with van der Waals surface area (Å²) in [6.45, 7) is 14.0. The van der Waals surface area contributed by atoms with Crippen molar-refractivity contribution in [3.63, 3.8) is 0 Å². The fourth-order valence-corrected chi connectivity index (χ4v) is 2.99. The molecule has 0 saturated carbocycles. The maximum atomic E-state index is 10.9. The lowest BCUT2D eigenvalue weighted by atomic mass is 9.97. The third-order valence-corrected chi connectivity index (χ3v) is 4.07. The smallest absolute Gasteiger partial charge is 0.126 e. The molecule has 154 valence electrons. The molecular weight excluding hydrogens is 352 g/mol. The zero-order valence-corrected chi connectivity index (χ0v) is 18.2. The van der Waals surface area contributed by atoms with Crippen LogP contribution in [0, 0.1) is 0 Å². The van der Waals surface area contributed by atoms with Crippen molar-refractivity contribution in [2.75, 3.05) is 0 Å². The molecule has 4 nitrogen and oxygen atoms in total. The van der Waals surface area contributed by atoms with Crippen molar-refractivity contribution in [1.82, 2.24) is 0 Å². The van der Waals surface area contributed by atoms with E-state index in [0.29, 0.717) is 22.6 Å². The van der Waals surface area contributed by atoms with Gasteiger partial charge >= 0.3 is 0 Å². The van der Waals surface area contributed by atoms with Crippen LogP contribution in [0.4, 0.5) is 0 Å². The van der Waals surface area contributed by atoms with Crippen molar-refractivity contribution >= 4 is 0 Å². The van der Waals surface area contributed by atoms with Crippen LogP contribution < -0.4 is 9.47 Å². The highest BCUT2D eigenvalue weighted by Crippen LogP contribution is 2.43. The van der Waals surface area contributed by atoms with Crippen molar-refractivity contribution in [3.05, 3.63) is 35.9 Å². The molecule has 0 amide bonds. The summed E-state index contributed by atoms with van der Waals surface area (Å²) in [6, 6.07) is 8.77. The molecule has 0 aliphatic heterocycles. The van der Waals surface area contributed by atoms with Crippen molar-refractivity contribution in [2.24, 2.45) is 0 Å². The summed E-state index contributed by atoms with van der Waals surface area (Å²) in [7, 11) is 0. The van der Waals surface area contributed by atoms with Crippen LogP contribution in [0.5, 0.6) is 23.0 Å². The first-order valence-corrected chi connectivity index (χ1v) is 9.97. The predicted octanol–water partition coefficient (Wildman–Crippen LogP) is 6.46. The SMILES string of the molecule is CCCCc1cc(OC(C)(C)C)cc(-c2cc(OC(C)(C)C)ccc2O)c1O. The Hall–Kier alpha value is -2.36. The van der Waals surface area contributed by atoms with Crippen LogP contribution in [0.25, 0.3) is 11.1 Å². The minimum Gasteiger partial charge on any atom is -0.507 e. The Labute approximate surface area is 169 Å². The monoisotopic (exact) mass is 386 g/mol. The van der Waals surface area contributed by atoms with Crippen LogP contribution >= 0.6 is 0 Å². The van der Waals surface area contributed by atoms with Gasteiger partial charge in [-0.3, -0.25) is 0 Å². The lowest BCUT2D eigenvalue weighted by Crippen LogP contribution is -2.23. The number of hydrogen-bond donors (Lipinski definition) is 2. The first-order chi connectivity index (χ1) is 12.9. The van der Waals surface area contributed by atoms with E-state index in [-0.39, 0.29) is 22.7 Å².